The number of aromatic nitrogens is 4. The molecular weight excluding hydrogens is 471 g/mol. The van der Waals surface area contributed by atoms with Crippen LogP contribution in [0.15, 0.2) is 18.3 Å². The molecule has 0 unspecified atom stereocenters. The van der Waals surface area contributed by atoms with Crippen molar-refractivity contribution < 1.29 is 19.4 Å². The number of benzene rings is 1. The van der Waals surface area contributed by atoms with Crippen molar-refractivity contribution >= 4 is 34.9 Å². The summed E-state index contributed by atoms with van der Waals surface area (Å²) in [5.74, 6) is -0.401. The fourth-order valence-electron chi connectivity index (χ4n) is 4.14. The summed E-state index contributed by atoms with van der Waals surface area (Å²) in [6, 6.07) is 6.02. The predicted molar refractivity (Wildman–Crippen MR) is 126 cm³/mol. The summed E-state index contributed by atoms with van der Waals surface area (Å²) in [6.07, 6.45) is -0.601. The summed E-state index contributed by atoms with van der Waals surface area (Å²) in [5.41, 5.74) is 0.629. The van der Waals surface area contributed by atoms with Gasteiger partial charge in [-0.1, -0.05) is 0 Å². The smallest absolute Gasteiger partial charge is 0.407 e. The topological polar surface area (TPSA) is 179 Å². The third-order valence-corrected chi connectivity index (χ3v) is 5.94. The van der Waals surface area contributed by atoms with Crippen molar-refractivity contribution in [1.82, 2.24) is 24.5 Å². The van der Waals surface area contributed by atoms with Gasteiger partial charge < -0.3 is 30.6 Å². The van der Waals surface area contributed by atoms with E-state index in [1.54, 1.807) is 4.90 Å². The Bertz CT molecular complexity index is 1400. The first kappa shape index (κ1) is 24.4. The van der Waals surface area contributed by atoms with Gasteiger partial charge in [0.05, 0.1) is 41.4 Å². The zero-order chi connectivity index (χ0) is 26.0. The van der Waals surface area contributed by atoms with E-state index in [0.717, 1.165) is 4.90 Å². The van der Waals surface area contributed by atoms with Crippen LogP contribution in [0.2, 0.25) is 0 Å². The number of piperidine rings is 1. The molecule has 13 nitrogen and oxygen atoms in total. The molecule has 0 bridgehead atoms. The molecule has 0 radical (unpaired) electrons. The number of nitriles is 2. The fourth-order valence-corrected chi connectivity index (χ4v) is 4.14. The first-order chi connectivity index (χ1) is 17.3. The van der Waals surface area contributed by atoms with Gasteiger partial charge in [-0.3, -0.25) is 0 Å². The van der Waals surface area contributed by atoms with E-state index in [4.69, 9.17) is 0 Å². The Morgan fingerprint density at radius 1 is 1.36 bits per heavy atom. The number of anilines is 4. The number of hydrogen-bond donors (Lipinski definition) is 4. The third-order valence-electron chi connectivity index (χ3n) is 5.94. The summed E-state index contributed by atoms with van der Waals surface area (Å²) >= 11 is 0. The SMILES string of the molecule is CCNc1nc(Nc2cc(C#N)cc(N3CC[C@@H](N(C)C(=O)O)[C@H](O)C3)c2F)nn2c(C#N)cnc12. The second kappa shape index (κ2) is 9.89. The molecule has 2 aromatic heterocycles. The molecule has 1 aliphatic rings. The van der Waals surface area contributed by atoms with Gasteiger partial charge in [-0.05, 0) is 25.5 Å². The Hall–Kier alpha value is -4.69. The fraction of sp³-hybridized carbons (Fsp3) is 0.364. The quantitative estimate of drug-likeness (QED) is 0.392. The van der Waals surface area contributed by atoms with Crippen LogP contribution in [0.4, 0.5) is 32.3 Å². The molecule has 14 heteroatoms. The van der Waals surface area contributed by atoms with Gasteiger partial charge >= 0.3 is 6.09 Å². The highest BCUT2D eigenvalue weighted by Crippen LogP contribution is 2.32. The number of rotatable bonds is 6. The number of halogens is 1. The van der Waals surface area contributed by atoms with E-state index >= 15 is 4.39 Å². The molecule has 3 aromatic rings. The number of imidazole rings is 1. The maximum atomic E-state index is 15.7. The number of carbonyl (C=O) groups is 1. The maximum absolute atomic E-state index is 15.7. The van der Waals surface area contributed by atoms with Gasteiger partial charge in [0.15, 0.2) is 23.0 Å². The summed E-state index contributed by atoms with van der Waals surface area (Å²) in [4.78, 5) is 22.4. The molecular formula is C22H23FN10O3. The first-order valence-corrected chi connectivity index (χ1v) is 11.1. The van der Waals surface area contributed by atoms with Crippen LogP contribution in [0, 0.1) is 28.5 Å². The Labute approximate surface area is 205 Å². The molecule has 1 saturated heterocycles. The number of aliphatic hydroxyl groups excluding tert-OH is 1. The van der Waals surface area contributed by atoms with Crippen molar-refractivity contribution in [1.29, 1.82) is 10.5 Å². The number of likely N-dealkylation sites (N-methyl/N-ethyl adjacent to an activating group) is 1. The molecule has 0 spiro atoms. The molecule has 36 heavy (non-hydrogen) atoms. The standard InChI is InChI=1S/C22H23FN10O3/c1-3-26-19-20-27-10-13(9-25)33(20)30-21(29-19)28-14-6-12(8-24)7-16(18(14)23)32-5-4-15(17(34)11-32)31(2)22(35)36/h6-7,10,15,17,34H,3-5,11H2,1-2H3,(H,35,36)(H2,26,28,29,30)/t15-,17-/m1/s1. The maximum Gasteiger partial charge on any atom is 0.407 e. The average molecular weight is 494 g/mol. The Kier molecular flexibility index (Phi) is 6.71. The van der Waals surface area contributed by atoms with E-state index in [1.165, 1.54) is 29.9 Å². The average Bonchev–Trinajstić information content (AvgIpc) is 3.28. The molecule has 2 atom stereocenters. The van der Waals surface area contributed by atoms with Crippen LogP contribution in [0.25, 0.3) is 5.65 Å². The number of aliphatic hydroxyl groups is 1. The van der Waals surface area contributed by atoms with Crippen LogP contribution in [0.1, 0.15) is 24.6 Å². The molecule has 186 valence electrons. The van der Waals surface area contributed by atoms with Gasteiger partial charge in [-0.15, -0.1) is 5.10 Å². The van der Waals surface area contributed by atoms with Crippen LogP contribution >= 0.6 is 0 Å². The van der Waals surface area contributed by atoms with Gasteiger partial charge in [0.1, 0.15) is 6.07 Å². The van der Waals surface area contributed by atoms with Crippen LogP contribution in [-0.2, 0) is 0 Å². The largest absolute Gasteiger partial charge is 0.465 e. The summed E-state index contributed by atoms with van der Waals surface area (Å²) in [5, 5.41) is 48.7. The number of fused-ring (bicyclic) bond motifs is 1. The monoisotopic (exact) mass is 494 g/mol. The lowest BCUT2D eigenvalue weighted by molar-refractivity contribution is 0.0496. The number of β-amino-alcohol motifs (C(OH)–C–C–N with tert-alkyl or cyclic N) is 1. The Balaban J connectivity index is 1.69. The minimum absolute atomic E-state index is 0.0267. The number of hydrogen-bond acceptors (Lipinski definition) is 10. The second-order valence-corrected chi connectivity index (χ2v) is 8.16. The van der Waals surface area contributed by atoms with Crippen LogP contribution in [0.5, 0.6) is 0 Å². The van der Waals surface area contributed by atoms with Gasteiger partial charge in [-0.2, -0.15) is 20.0 Å². The zero-order valence-electron chi connectivity index (χ0n) is 19.5. The van der Waals surface area contributed by atoms with Gasteiger partial charge in [0, 0.05) is 26.7 Å². The van der Waals surface area contributed by atoms with Crippen molar-refractivity contribution in [3.05, 3.63) is 35.4 Å². The molecule has 3 heterocycles. The van der Waals surface area contributed by atoms with E-state index in [-0.39, 0.29) is 48.1 Å². The molecule has 1 aromatic carbocycles. The van der Waals surface area contributed by atoms with E-state index < -0.39 is 24.1 Å². The first-order valence-electron chi connectivity index (χ1n) is 11.1. The summed E-state index contributed by atoms with van der Waals surface area (Å²) < 4.78 is 17.0. The van der Waals surface area contributed by atoms with Gasteiger partial charge in [-0.25, -0.2) is 14.2 Å². The van der Waals surface area contributed by atoms with Crippen molar-refractivity contribution in [3.63, 3.8) is 0 Å². The highest BCUT2D eigenvalue weighted by Gasteiger charge is 2.34. The van der Waals surface area contributed by atoms with E-state index in [2.05, 4.69) is 25.7 Å². The lowest BCUT2D eigenvalue weighted by Crippen LogP contribution is -2.54. The van der Waals surface area contributed by atoms with Crippen LogP contribution in [-0.4, -0.2) is 79.6 Å². The summed E-state index contributed by atoms with van der Waals surface area (Å²) in [6.45, 7) is 2.60. The number of carboxylic acid groups (broad SMARTS) is 1. The lowest BCUT2D eigenvalue weighted by atomic mass is 9.99. The minimum Gasteiger partial charge on any atom is -0.465 e. The van der Waals surface area contributed by atoms with Crippen molar-refractivity contribution in [2.75, 3.05) is 42.2 Å². The van der Waals surface area contributed by atoms with Crippen molar-refractivity contribution in [3.8, 4) is 12.1 Å². The number of nitrogens with one attached hydrogen (secondary N) is 2. The second-order valence-electron chi connectivity index (χ2n) is 8.16. The highest BCUT2D eigenvalue weighted by atomic mass is 19.1. The predicted octanol–water partition coefficient (Wildman–Crippen LogP) is 1.73. The normalized spacial score (nSPS) is 17.3. The Morgan fingerprint density at radius 2 is 2.14 bits per heavy atom. The molecule has 0 aliphatic carbocycles. The minimum atomic E-state index is -1.16. The lowest BCUT2D eigenvalue weighted by Gasteiger charge is -2.40. The Morgan fingerprint density at radius 3 is 2.78 bits per heavy atom. The molecule has 4 N–H and O–H groups in total. The third kappa shape index (κ3) is 4.49. The van der Waals surface area contributed by atoms with Gasteiger partial charge in [0.25, 0.3) is 0 Å². The van der Waals surface area contributed by atoms with E-state index in [0.29, 0.717) is 18.0 Å². The molecule has 1 aliphatic heterocycles. The molecule has 1 amide bonds. The highest BCUT2D eigenvalue weighted by molar-refractivity contribution is 5.70. The van der Waals surface area contributed by atoms with E-state index in [1.807, 2.05) is 19.1 Å². The molecule has 1 fully saturated rings. The van der Waals surface area contributed by atoms with Crippen molar-refractivity contribution in [2.45, 2.75) is 25.5 Å². The molecule has 4 rings (SSSR count). The number of amides is 1. The summed E-state index contributed by atoms with van der Waals surface area (Å²) in [7, 11) is 1.38. The van der Waals surface area contributed by atoms with Crippen LogP contribution < -0.4 is 15.5 Å². The number of nitrogens with zero attached hydrogens (tertiary/aromatic N) is 8. The molecule has 0 saturated carbocycles. The van der Waals surface area contributed by atoms with Gasteiger partial charge in [0.2, 0.25) is 5.95 Å². The van der Waals surface area contributed by atoms with E-state index in [9.17, 15) is 25.5 Å². The zero-order valence-corrected chi connectivity index (χ0v) is 19.5. The van der Waals surface area contributed by atoms with Crippen molar-refractivity contribution in [2.24, 2.45) is 0 Å². The van der Waals surface area contributed by atoms with Crippen LogP contribution in [0.3, 0.4) is 0 Å².